The van der Waals surface area contributed by atoms with Gasteiger partial charge in [-0.05, 0) is 30.5 Å². The molecule has 1 fully saturated rings. The predicted octanol–water partition coefficient (Wildman–Crippen LogP) is 2.93. The number of alkyl halides is 3. The predicted molar refractivity (Wildman–Crippen MR) is 74.6 cm³/mol. The number of rotatable bonds is 6. The highest BCUT2D eigenvalue weighted by molar-refractivity contribution is 5.91. The summed E-state index contributed by atoms with van der Waals surface area (Å²) in [4.78, 5) is 11.6. The number of nitrogens with one attached hydrogen (secondary N) is 1. The first-order chi connectivity index (χ1) is 10.4. The van der Waals surface area contributed by atoms with E-state index in [4.69, 9.17) is 9.47 Å². The Hall–Kier alpha value is -1.60. The molecule has 0 spiro atoms. The quantitative estimate of drug-likeness (QED) is 0.877. The van der Waals surface area contributed by atoms with Crippen LogP contribution in [0.1, 0.15) is 18.4 Å². The number of carbonyl (C=O) groups is 1. The van der Waals surface area contributed by atoms with Crippen LogP contribution in [-0.4, -0.2) is 38.0 Å². The molecule has 122 valence electrons. The van der Waals surface area contributed by atoms with Gasteiger partial charge in [0, 0.05) is 12.3 Å². The van der Waals surface area contributed by atoms with Gasteiger partial charge in [0.15, 0.2) is 0 Å². The van der Waals surface area contributed by atoms with Crippen LogP contribution in [-0.2, 0) is 20.7 Å². The molecule has 1 saturated heterocycles. The van der Waals surface area contributed by atoms with Crippen molar-refractivity contribution < 1.29 is 27.4 Å². The first kappa shape index (κ1) is 16.8. The monoisotopic (exact) mass is 317 g/mol. The lowest BCUT2D eigenvalue weighted by Gasteiger charge is -2.11. The van der Waals surface area contributed by atoms with Crippen molar-refractivity contribution in [2.45, 2.75) is 31.5 Å². The fraction of sp³-hybridized carbons (Fsp3) is 0.533. The maximum atomic E-state index is 12.2. The van der Waals surface area contributed by atoms with E-state index in [1.165, 1.54) is 24.3 Å². The van der Waals surface area contributed by atoms with Crippen molar-refractivity contribution in [3.63, 3.8) is 0 Å². The van der Waals surface area contributed by atoms with Crippen molar-refractivity contribution in [2.24, 2.45) is 0 Å². The average Bonchev–Trinajstić information content (AvgIpc) is 2.92. The Morgan fingerprint density at radius 2 is 2.05 bits per heavy atom. The molecule has 0 aliphatic carbocycles. The lowest BCUT2D eigenvalue weighted by atomic mass is 10.1. The number of halogens is 3. The van der Waals surface area contributed by atoms with Crippen molar-refractivity contribution in [1.82, 2.24) is 0 Å². The molecule has 1 amide bonds. The van der Waals surface area contributed by atoms with Gasteiger partial charge in [-0.15, -0.1) is 0 Å². The fourth-order valence-electron chi connectivity index (χ4n) is 2.19. The van der Waals surface area contributed by atoms with Gasteiger partial charge < -0.3 is 14.8 Å². The van der Waals surface area contributed by atoms with Crippen LogP contribution in [0.5, 0.6) is 0 Å². The smallest absolute Gasteiger partial charge is 0.376 e. The van der Waals surface area contributed by atoms with Gasteiger partial charge in [0.25, 0.3) is 0 Å². The molecule has 1 aromatic rings. The third kappa shape index (κ3) is 6.03. The van der Waals surface area contributed by atoms with E-state index in [0.717, 1.165) is 19.4 Å². The molecule has 1 aliphatic heterocycles. The Balaban J connectivity index is 1.71. The third-order valence-corrected chi connectivity index (χ3v) is 3.20. The summed E-state index contributed by atoms with van der Waals surface area (Å²) in [7, 11) is 0. The van der Waals surface area contributed by atoms with Crippen LogP contribution in [0.4, 0.5) is 18.9 Å². The maximum absolute atomic E-state index is 12.2. The Morgan fingerprint density at radius 1 is 1.32 bits per heavy atom. The van der Waals surface area contributed by atoms with E-state index >= 15 is 0 Å². The van der Waals surface area contributed by atoms with Crippen LogP contribution in [0, 0.1) is 0 Å². The van der Waals surface area contributed by atoms with Crippen LogP contribution in [0.3, 0.4) is 0 Å². The second-order valence-corrected chi connectivity index (χ2v) is 5.19. The van der Waals surface area contributed by atoms with Crippen LogP contribution in [0.15, 0.2) is 24.3 Å². The first-order valence-corrected chi connectivity index (χ1v) is 7.07. The van der Waals surface area contributed by atoms with E-state index in [0.29, 0.717) is 12.3 Å². The van der Waals surface area contributed by atoms with E-state index in [2.05, 4.69) is 5.32 Å². The minimum absolute atomic E-state index is 0.0504. The normalized spacial score (nSPS) is 18.4. The highest BCUT2D eigenvalue weighted by Crippen LogP contribution is 2.22. The van der Waals surface area contributed by atoms with Gasteiger partial charge in [-0.1, -0.05) is 12.1 Å². The molecule has 1 heterocycles. The van der Waals surface area contributed by atoms with Gasteiger partial charge in [0.1, 0.15) is 6.61 Å². The minimum atomic E-state index is -4.24. The van der Waals surface area contributed by atoms with E-state index in [-0.39, 0.29) is 24.2 Å². The zero-order valence-corrected chi connectivity index (χ0v) is 12.0. The molecule has 22 heavy (non-hydrogen) atoms. The van der Waals surface area contributed by atoms with Crippen LogP contribution < -0.4 is 5.32 Å². The lowest BCUT2D eigenvalue weighted by molar-refractivity contribution is -0.127. The van der Waals surface area contributed by atoms with Gasteiger partial charge in [-0.25, -0.2) is 0 Å². The summed E-state index contributed by atoms with van der Waals surface area (Å²) in [5.74, 6) is -0.346. The molecule has 7 heteroatoms. The molecule has 0 aromatic heterocycles. The molecule has 1 aromatic carbocycles. The number of benzene rings is 1. The van der Waals surface area contributed by atoms with E-state index in [1.54, 1.807) is 0 Å². The van der Waals surface area contributed by atoms with Crippen molar-refractivity contribution >= 4 is 11.6 Å². The van der Waals surface area contributed by atoms with Gasteiger partial charge in [0.2, 0.25) is 5.91 Å². The van der Waals surface area contributed by atoms with E-state index < -0.39 is 12.6 Å². The number of ether oxygens (including phenoxy) is 2. The molecule has 2 rings (SSSR count). The Bertz CT molecular complexity index is 482. The molecule has 1 N–H and O–H groups in total. The molecule has 1 atom stereocenters. The molecule has 0 bridgehead atoms. The van der Waals surface area contributed by atoms with E-state index in [9.17, 15) is 18.0 Å². The molecule has 0 unspecified atom stereocenters. The summed E-state index contributed by atoms with van der Waals surface area (Å²) < 4.78 is 47.3. The van der Waals surface area contributed by atoms with Crippen molar-refractivity contribution in [2.75, 3.05) is 25.1 Å². The molecule has 0 radical (unpaired) electrons. The van der Waals surface area contributed by atoms with Gasteiger partial charge in [-0.3, -0.25) is 4.79 Å². The SMILES string of the molecule is O=C(COC[C@H]1CCCO1)Nc1ccc(CC(F)(F)F)cc1. The molecular formula is C15H18F3NO3. The zero-order valence-electron chi connectivity index (χ0n) is 12.0. The summed E-state index contributed by atoms with van der Waals surface area (Å²) in [5, 5.41) is 2.57. The number of amides is 1. The van der Waals surface area contributed by atoms with Crippen molar-refractivity contribution in [1.29, 1.82) is 0 Å². The summed E-state index contributed by atoms with van der Waals surface area (Å²) in [6.07, 6.45) is -3.23. The average molecular weight is 317 g/mol. The summed E-state index contributed by atoms with van der Waals surface area (Å²) in [5.41, 5.74) is 0.594. The Kier molecular flexibility index (Phi) is 5.79. The van der Waals surface area contributed by atoms with Gasteiger partial charge in [-0.2, -0.15) is 13.2 Å². The molecule has 1 aliphatic rings. The highest BCUT2D eigenvalue weighted by atomic mass is 19.4. The zero-order chi connectivity index (χ0) is 16.0. The van der Waals surface area contributed by atoms with Crippen molar-refractivity contribution in [3.8, 4) is 0 Å². The summed E-state index contributed by atoms with van der Waals surface area (Å²) >= 11 is 0. The lowest BCUT2D eigenvalue weighted by Crippen LogP contribution is -2.22. The Morgan fingerprint density at radius 3 is 2.64 bits per heavy atom. The third-order valence-electron chi connectivity index (χ3n) is 3.20. The van der Waals surface area contributed by atoms with Gasteiger partial charge in [0.05, 0.1) is 19.1 Å². The number of carbonyl (C=O) groups excluding carboxylic acids is 1. The topological polar surface area (TPSA) is 47.6 Å². The number of hydrogen-bond donors (Lipinski definition) is 1. The molecular weight excluding hydrogens is 299 g/mol. The second-order valence-electron chi connectivity index (χ2n) is 5.19. The number of hydrogen-bond acceptors (Lipinski definition) is 3. The number of anilines is 1. The standard InChI is InChI=1S/C15H18F3NO3/c16-15(17,18)8-11-3-5-12(6-4-11)19-14(20)10-21-9-13-2-1-7-22-13/h3-6,13H,1-2,7-10H2,(H,19,20)/t13-/m1/s1. The van der Waals surface area contributed by atoms with Crippen LogP contribution >= 0.6 is 0 Å². The first-order valence-electron chi connectivity index (χ1n) is 7.07. The molecule has 4 nitrogen and oxygen atoms in total. The maximum Gasteiger partial charge on any atom is 0.393 e. The van der Waals surface area contributed by atoms with Crippen LogP contribution in [0.25, 0.3) is 0 Å². The second kappa shape index (κ2) is 7.60. The van der Waals surface area contributed by atoms with Gasteiger partial charge >= 0.3 is 6.18 Å². The fourth-order valence-corrected chi connectivity index (χ4v) is 2.19. The summed E-state index contributed by atoms with van der Waals surface area (Å²) in [6, 6.07) is 5.57. The van der Waals surface area contributed by atoms with Crippen LogP contribution in [0.2, 0.25) is 0 Å². The largest absolute Gasteiger partial charge is 0.393 e. The molecule has 0 saturated carbocycles. The van der Waals surface area contributed by atoms with E-state index in [1.807, 2.05) is 0 Å². The highest BCUT2D eigenvalue weighted by Gasteiger charge is 2.27. The Labute approximate surface area is 126 Å². The summed E-state index contributed by atoms with van der Waals surface area (Å²) in [6.45, 7) is 0.993. The van der Waals surface area contributed by atoms with Crippen molar-refractivity contribution in [3.05, 3.63) is 29.8 Å². The minimum Gasteiger partial charge on any atom is -0.376 e.